The number of nitrogens with zero attached hydrogens (tertiary/aromatic N) is 3. The first-order valence-corrected chi connectivity index (χ1v) is 7.54. The van der Waals surface area contributed by atoms with Gasteiger partial charge in [0.15, 0.2) is 0 Å². The number of hydrogen-bond acceptors (Lipinski definition) is 4. The van der Waals surface area contributed by atoms with E-state index in [0.29, 0.717) is 17.2 Å². The van der Waals surface area contributed by atoms with E-state index in [4.69, 9.17) is 5.11 Å². The summed E-state index contributed by atoms with van der Waals surface area (Å²) in [5.74, 6) is 0.0357. The molecule has 7 nitrogen and oxygen atoms in total. The largest absolute Gasteiger partial charge is 0.478 e. The van der Waals surface area contributed by atoms with Crippen molar-refractivity contribution in [3.05, 3.63) is 52.5 Å². The lowest BCUT2D eigenvalue weighted by atomic mass is 10.2. The van der Waals surface area contributed by atoms with Crippen molar-refractivity contribution in [2.75, 3.05) is 5.32 Å². The number of carboxylic acid groups (broad SMARTS) is 1. The second kappa shape index (κ2) is 5.10. The summed E-state index contributed by atoms with van der Waals surface area (Å²) in [5, 5.41) is 15.3. The molecule has 4 aromatic rings. The lowest BCUT2D eigenvalue weighted by molar-refractivity contribution is 0.0697. The van der Waals surface area contributed by atoms with Crippen LogP contribution in [0.3, 0.4) is 0 Å². The highest BCUT2D eigenvalue weighted by Crippen LogP contribution is 2.25. The zero-order chi connectivity index (χ0) is 16.0. The molecule has 0 aliphatic carbocycles. The van der Waals surface area contributed by atoms with Crippen LogP contribution in [0, 0.1) is 0 Å². The van der Waals surface area contributed by atoms with Crippen molar-refractivity contribution in [1.82, 2.24) is 19.6 Å². The van der Waals surface area contributed by atoms with E-state index >= 15 is 0 Å². The van der Waals surface area contributed by atoms with Gasteiger partial charge >= 0.3 is 5.97 Å². The number of anilines is 2. The number of carboxylic acids is 1. The van der Waals surface area contributed by atoms with E-state index in [1.54, 1.807) is 16.6 Å². The maximum atomic E-state index is 11.0. The van der Waals surface area contributed by atoms with Crippen molar-refractivity contribution >= 4 is 50.3 Å². The maximum absolute atomic E-state index is 11.0. The summed E-state index contributed by atoms with van der Waals surface area (Å²) in [6.45, 7) is 0. The van der Waals surface area contributed by atoms with Gasteiger partial charge in [-0.1, -0.05) is 12.1 Å². The predicted octanol–water partition coefficient (Wildman–Crippen LogP) is 3.41. The molecule has 0 amide bonds. The smallest absolute Gasteiger partial charge is 0.335 e. The van der Waals surface area contributed by atoms with E-state index in [-0.39, 0.29) is 5.56 Å². The molecule has 0 fully saturated rings. The quantitative estimate of drug-likeness (QED) is 0.512. The second-order valence-corrected chi connectivity index (χ2v) is 5.79. The van der Waals surface area contributed by atoms with Gasteiger partial charge in [-0.2, -0.15) is 4.98 Å². The topological polar surface area (TPSA) is 95.3 Å². The van der Waals surface area contributed by atoms with Gasteiger partial charge in [-0.05, 0) is 46.3 Å². The Morgan fingerprint density at radius 1 is 1.22 bits per heavy atom. The minimum absolute atomic E-state index is 0.199. The fourth-order valence-electron chi connectivity index (χ4n) is 2.36. The number of carbonyl (C=O) groups is 1. The molecule has 0 aliphatic rings. The zero-order valence-electron chi connectivity index (χ0n) is 11.6. The summed E-state index contributed by atoms with van der Waals surface area (Å²) in [6, 6.07) is 12.5. The molecule has 0 unspecified atom stereocenters. The van der Waals surface area contributed by atoms with Gasteiger partial charge in [0.2, 0.25) is 5.95 Å². The van der Waals surface area contributed by atoms with Crippen LogP contribution >= 0.6 is 15.9 Å². The summed E-state index contributed by atoms with van der Waals surface area (Å²) >= 11 is 3.47. The third-order valence-corrected chi connectivity index (χ3v) is 4.13. The number of aromatic nitrogens is 4. The normalized spacial score (nSPS) is 11.2. The first-order chi connectivity index (χ1) is 11.1. The minimum atomic E-state index is -0.979. The number of aromatic carboxylic acids is 1. The summed E-state index contributed by atoms with van der Waals surface area (Å²) in [6.07, 6.45) is 0. The summed E-state index contributed by atoms with van der Waals surface area (Å²) in [7, 11) is 0. The van der Waals surface area contributed by atoms with Crippen LogP contribution in [0.15, 0.2) is 46.9 Å². The molecule has 0 saturated heterocycles. The van der Waals surface area contributed by atoms with Crippen molar-refractivity contribution in [3.63, 3.8) is 0 Å². The number of para-hydroxylation sites is 1. The average molecular weight is 372 g/mol. The lowest BCUT2D eigenvalue weighted by Crippen LogP contribution is -1.96. The third-order valence-electron chi connectivity index (χ3n) is 3.44. The Kier molecular flexibility index (Phi) is 3.05. The molecule has 8 heteroatoms. The van der Waals surface area contributed by atoms with Gasteiger partial charge in [0, 0.05) is 4.47 Å². The van der Waals surface area contributed by atoms with Gasteiger partial charge < -0.3 is 10.4 Å². The Balaban J connectivity index is 1.77. The number of hydrogen-bond donors (Lipinski definition) is 3. The van der Waals surface area contributed by atoms with E-state index in [2.05, 4.69) is 36.3 Å². The molecule has 23 heavy (non-hydrogen) atoms. The first kappa shape index (κ1) is 13.8. The highest BCUT2D eigenvalue weighted by Gasteiger charge is 2.12. The van der Waals surface area contributed by atoms with Gasteiger partial charge in [-0.15, -0.1) is 0 Å². The van der Waals surface area contributed by atoms with Crippen LogP contribution in [0.5, 0.6) is 0 Å². The number of halogens is 1. The molecular weight excluding hydrogens is 362 g/mol. The fraction of sp³-hybridized carbons (Fsp3) is 0. The standard InChI is InChI=1S/C15H10BrN5O2/c16-9-3-1-2-4-10(9)17-14-19-15-18-11-7-8(13(22)23)5-6-12(11)21(15)20-14/h1-7H,(H,22,23)(H2,17,18,19,20). The van der Waals surface area contributed by atoms with Crippen LogP contribution in [0.1, 0.15) is 10.4 Å². The number of aromatic amines is 1. The van der Waals surface area contributed by atoms with Crippen molar-refractivity contribution in [3.8, 4) is 0 Å². The molecule has 0 bridgehead atoms. The van der Waals surface area contributed by atoms with Gasteiger partial charge in [0.05, 0.1) is 22.3 Å². The maximum Gasteiger partial charge on any atom is 0.335 e. The van der Waals surface area contributed by atoms with E-state index in [1.807, 2.05) is 24.3 Å². The summed E-state index contributed by atoms with van der Waals surface area (Å²) in [4.78, 5) is 19.7. The van der Waals surface area contributed by atoms with E-state index in [0.717, 1.165) is 15.7 Å². The molecule has 0 spiro atoms. The molecule has 2 heterocycles. The van der Waals surface area contributed by atoms with E-state index in [1.165, 1.54) is 6.07 Å². The monoisotopic (exact) mass is 371 g/mol. The fourth-order valence-corrected chi connectivity index (χ4v) is 2.75. The van der Waals surface area contributed by atoms with Crippen molar-refractivity contribution in [2.24, 2.45) is 0 Å². The van der Waals surface area contributed by atoms with Crippen LogP contribution in [0.4, 0.5) is 11.6 Å². The number of fused-ring (bicyclic) bond motifs is 3. The molecular formula is C15H10BrN5O2. The number of H-pyrrole nitrogens is 1. The van der Waals surface area contributed by atoms with Crippen molar-refractivity contribution < 1.29 is 9.90 Å². The Hall–Kier alpha value is -2.87. The third kappa shape index (κ3) is 2.33. The van der Waals surface area contributed by atoms with Crippen molar-refractivity contribution in [2.45, 2.75) is 0 Å². The molecule has 4 rings (SSSR count). The number of rotatable bonds is 3. The van der Waals surface area contributed by atoms with Crippen LogP contribution in [-0.2, 0) is 0 Å². The van der Waals surface area contributed by atoms with Crippen LogP contribution in [-0.4, -0.2) is 30.7 Å². The highest BCUT2D eigenvalue weighted by molar-refractivity contribution is 9.10. The molecule has 2 aromatic heterocycles. The van der Waals surface area contributed by atoms with Crippen LogP contribution < -0.4 is 5.32 Å². The van der Waals surface area contributed by atoms with Gasteiger partial charge in [-0.3, -0.25) is 5.10 Å². The molecule has 0 saturated carbocycles. The molecule has 2 aromatic carbocycles. The molecule has 114 valence electrons. The summed E-state index contributed by atoms with van der Waals surface area (Å²) < 4.78 is 2.63. The van der Waals surface area contributed by atoms with E-state index in [9.17, 15) is 4.79 Å². The van der Waals surface area contributed by atoms with Gasteiger partial charge in [-0.25, -0.2) is 14.3 Å². The highest BCUT2D eigenvalue weighted by atomic mass is 79.9. The Labute approximate surface area is 138 Å². The van der Waals surface area contributed by atoms with Crippen LogP contribution in [0.2, 0.25) is 0 Å². The molecule has 0 aliphatic heterocycles. The minimum Gasteiger partial charge on any atom is -0.478 e. The zero-order valence-corrected chi connectivity index (χ0v) is 13.2. The average Bonchev–Trinajstić information content (AvgIpc) is 3.05. The SMILES string of the molecule is O=C(O)c1ccc2c(c1)nc1nc(Nc3ccccc3Br)[nH]n12. The van der Waals surface area contributed by atoms with Crippen molar-refractivity contribution in [1.29, 1.82) is 0 Å². The lowest BCUT2D eigenvalue weighted by Gasteiger charge is -2.04. The van der Waals surface area contributed by atoms with Crippen LogP contribution in [0.25, 0.3) is 16.8 Å². The number of imidazole rings is 1. The molecule has 0 atom stereocenters. The second-order valence-electron chi connectivity index (χ2n) is 4.93. The predicted molar refractivity (Wildman–Crippen MR) is 89.2 cm³/mol. The Bertz CT molecular complexity index is 1050. The number of benzene rings is 2. The van der Waals surface area contributed by atoms with Gasteiger partial charge in [0.25, 0.3) is 5.78 Å². The Morgan fingerprint density at radius 3 is 2.83 bits per heavy atom. The molecule has 3 N–H and O–H groups in total. The first-order valence-electron chi connectivity index (χ1n) is 6.75. The van der Waals surface area contributed by atoms with E-state index < -0.39 is 5.97 Å². The van der Waals surface area contributed by atoms with Gasteiger partial charge in [0.1, 0.15) is 0 Å². The Morgan fingerprint density at radius 2 is 2.04 bits per heavy atom. The summed E-state index contributed by atoms with van der Waals surface area (Å²) in [5.41, 5.74) is 2.42. The number of nitrogens with one attached hydrogen (secondary N) is 2. The molecule has 0 radical (unpaired) electrons.